The highest BCUT2D eigenvalue weighted by Gasteiger charge is 2.19. The highest BCUT2D eigenvalue weighted by Crippen LogP contribution is 2.16. The smallest absolute Gasteiger partial charge is 0.306 e. The van der Waals surface area contributed by atoms with E-state index >= 15 is 0 Å². The van der Waals surface area contributed by atoms with Gasteiger partial charge in [0, 0.05) is 19.3 Å². The van der Waals surface area contributed by atoms with Gasteiger partial charge in [-0.3, -0.25) is 14.4 Å². The summed E-state index contributed by atoms with van der Waals surface area (Å²) in [7, 11) is 0. The third-order valence-corrected chi connectivity index (χ3v) is 12.0. The van der Waals surface area contributed by atoms with E-state index in [-0.39, 0.29) is 37.5 Å². The Kier molecular flexibility index (Phi) is 56.0. The predicted molar refractivity (Wildman–Crippen MR) is 315 cm³/mol. The lowest BCUT2D eigenvalue weighted by atomic mass is 10.0. The molecule has 0 aliphatic rings. The van der Waals surface area contributed by atoms with Gasteiger partial charge in [-0.15, -0.1) is 0 Å². The number of hydrogen-bond donors (Lipinski definition) is 0. The fourth-order valence-electron chi connectivity index (χ4n) is 7.70. The lowest BCUT2D eigenvalue weighted by Gasteiger charge is -2.18. The molecule has 0 saturated carbocycles. The summed E-state index contributed by atoms with van der Waals surface area (Å²) in [5, 5.41) is 0. The zero-order valence-corrected chi connectivity index (χ0v) is 46.8. The molecule has 0 spiro atoms. The van der Waals surface area contributed by atoms with Crippen LogP contribution in [-0.4, -0.2) is 37.2 Å². The average Bonchev–Trinajstić information content (AvgIpc) is 3.39. The van der Waals surface area contributed by atoms with Crippen LogP contribution < -0.4 is 0 Å². The summed E-state index contributed by atoms with van der Waals surface area (Å²) in [5.41, 5.74) is 0. The van der Waals surface area contributed by atoms with E-state index < -0.39 is 6.10 Å². The second-order valence-electron chi connectivity index (χ2n) is 19.0. The molecule has 0 bridgehead atoms. The number of hydrogen-bond acceptors (Lipinski definition) is 6. The molecule has 0 aromatic carbocycles. The summed E-state index contributed by atoms with van der Waals surface area (Å²) in [6.45, 7) is 6.30. The Labute approximate surface area is 448 Å². The van der Waals surface area contributed by atoms with Crippen molar-refractivity contribution in [2.24, 2.45) is 0 Å². The monoisotopic (exact) mass is 1010 g/mol. The number of rotatable bonds is 51. The Morgan fingerprint density at radius 2 is 0.616 bits per heavy atom. The largest absolute Gasteiger partial charge is 0.462 e. The topological polar surface area (TPSA) is 78.9 Å². The summed E-state index contributed by atoms with van der Waals surface area (Å²) >= 11 is 0. The molecule has 6 nitrogen and oxygen atoms in total. The lowest BCUT2D eigenvalue weighted by Crippen LogP contribution is -2.30. The third kappa shape index (κ3) is 58.1. The first kappa shape index (κ1) is 68.3. The molecule has 0 radical (unpaired) electrons. The van der Waals surface area contributed by atoms with Crippen LogP contribution in [0.3, 0.4) is 0 Å². The average molecular weight is 1010 g/mol. The minimum atomic E-state index is -0.826. The number of allylic oxidation sites excluding steroid dienone is 24. The van der Waals surface area contributed by atoms with Crippen LogP contribution >= 0.6 is 0 Å². The molecule has 0 rings (SSSR count). The van der Waals surface area contributed by atoms with Crippen molar-refractivity contribution in [2.75, 3.05) is 13.2 Å². The zero-order chi connectivity index (χ0) is 52.9. The third-order valence-electron chi connectivity index (χ3n) is 12.0. The Hall–Kier alpha value is -4.71. The molecule has 6 heteroatoms. The van der Waals surface area contributed by atoms with Crippen LogP contribution in [0.1, 0.15) is 239 Å². The highest BCUT2D eigenvalue weighted by atomic mass is 16.6. The second-order valence-corrected chi connectivity index (χ2v) is 19.0. The molecule has 73 heavy (non-hydrogen) atoms. The van der Waals surface area contributed by atoms with Gasteiger partial charge < -0.3 is 14.2 Å². The first-order chi connectivity index (χ1) is 36.0. The Bertz CT molecular complexity index is 1630. The van der Waals surface area contributed by atoms with E-state index in [0.29, 0.717) is 25.7 Å². The summed E-state index contributed by atoms with van der Waals surface area (Å²) in [5.74, 6) is -1.02. The fourth-order valence-corrected chi connectivity index (χ4v) is 7.70. The van der Waals surface area contributed by atoms with Crippen molar-refractivity contribution in [1.82, 2.24) is 0 Å². The molecule has 0 heterocycles. The molecule has 0 aliphatic heterocycles. The molecule has 0 aromatic heterocycles. The molecule has 0 aliphatic carbocycles. The van der Waals surface area contributed by atoms with Crippen LogP contribution in [0.4, 0.5) is 0 Å². The van der Waals surface area contributed by atoms with Crippen molar-refractivity contribution >= 4 is 17.9 Å². The summed E-state index contributed by atoms with van der Waals surface area (Å²) in [4.78, 5) is 38.2. The van der Waals surface area contributed by atoms with Crippen molar-refractivity contribution in [2.45, 2.75) is 245 Å². The van der Waals surface area contributed by atoms with Gasteiger partial charge in [0.25, 0.3) is 0 Å². The van der Waals surface area contributed by atoms with Gasteiger partial charge in [-0.2, -0.15) is 0 Å². The van der Waals surface area contributed by atoms with Gasteiger partial charge in [0.15, 0.2) is 6.10 Å². The number of esters is 3. The van der Waals surface area contributed by atoms with E-state index in [2.05, 4.69) is 93.7 Å². The summed E-state index contributed by atoms with van der Waals surface area (Å²) in [6, 6.07) is 0. The number of carbonyl (C=O) groups is 3. The number of carbonyl (C=O) groups excluding carboxylic acids is 3. The van der Waals surface area contributed by atoms with Gasteiger partial charge in [-0.25, -0.2) is 0 Å². The summed E-state index contributed by atoms with van der Waals surface area (Å²) < 4.78 is 16.8. The van der Waals surface area contributed by atoms with Crippen LogP contribution in [0, 0.1) is 0 Å². The van der Waals surface area contributed by atoms with Gasteiger partial charge in [0.05, 0.1) is 0 Å². The van der Waals surface area contributed by atoms with Crippen molar-refractivity contribution in [1.29, 1.82) is 0 Å². The zero-order valence-electron chi connectivity index (χ0n) is 46.8. The number of ether oxygens (including phenoxy) is 3. The quantitative estimate of drug-likeness (QED) is 0.0199. The van der Waals surface area contributed by atoms with E-state index in [1.165, 1.54) is 103 Å². The Balaban J connectivity index is 4.57. The first-order valence-corrected chi connectivity index (χ1v) is 29.4. The van der Waals surface area contributed by atoms with Gasteiger partial charge in [-0.1, -0.05) is 289 Å². The highest BCUT2D eigenvalue weighted by molar-refractivity contribution is 5.71. The fraction of sp³-hybridized carbons (Fsp3) is 0.597. The van der Waals surface area contributed by atoms with Crippen molar-refractivity contribution in [3.8, 4) is 0 Å². The second kappa shape index (κ2) is 59.8. The SMILES string of the molecule is CC\C=C/C=C\C=C/C=C\C=C\C=C/C=C\CCCCCC(=O)OCC(COC(=O)CCC/C=C\C/C=C\C/C=C\C/C=C\C/C=C\CC)OC(=O)CCCCCCCCCCCCCCCCCCCCC. The van der Waals surface area contributed by atoms with Gasteiger partial charge in [0.1, 0.15) is 13.2 Å². The molecular formula is C67H106O6. The maximum Gasteiger partial charge on any atom is 0.306 e. The molecule has 0 N–H and O–H groups in total. The molecule has 410 valence electrons. The van der Waals surface area contributed by atoms with Gasteiger partial charge in [-0.05, 0) is 77.0 Å². The molecule has 1 unspecified atom stereocenters. The minimum absolute atomic E-state index is 0.124. The first-order valence-electron chi connectivity index (χ1n) is 29.4. The van der Waals surface area contributed by atoms with E-state index in [1.807, 2.05) is 72.9 Å². The van der Waals surface area contributed by atoms with Crippen molar-refractivity contribution in [3.63, 3.8) is 0 Å². The van der Waals surface area contributed by atoms with Crippen LogP contribution in [-0.2, 0) is 28.6 Å². The van der Waals surface area contributed by atoms with E-state index in [0.717, 1.165) is 83.5 Å². The van der Waals surface area contributed by atoms with Crippen molar-refractivity contribution in [3.05, 3.63) is 146 Å². The lowest BCUT2D eigenvalue weighted by molar-refractivity contribution is -0.167. The molecule has 0 amide bonds. The number of unbranched alkanes of at least 4 members (excludes halogenated alkanes) is 22. The van der Waals surface area contributed by atoms with Crippen molar-refractivity contribution < 1.29 is 28.6 Å². The molecular weight excluding hydrogens is 901 g/mol. The maximum atomic E-state index is 12.9. The molecule has 0 fully saturated rings. The molecule has 0 aromatic rings. The van der Waals surface area contributed by atoms with Gasteiger partial charge >= 0.3 is 17.9 Å². The van der Waals surface area contributed by atoms with Crippen LogP contribution in [0.15, 0.2) is 146 Å². The van der Waals surface area contributed by atoms with Crippen LogP contribution in [0.5, 0.6) is 0 Å². The van der Waals surface area contributed by atoms with Crippen LogP contribution in [0.2, 0.25) is 0 Å². The normalized spacial score (nSPS) is 13.2. The molecule has 0 saturated heterocycles. The predicted octanol–water partition coefficient (Wildman–Crippen LogP) is 20.0. The maximum absolute atomic E-state index is 12.9. The van der Waals surface area contributed by atoms with Gasteiger partial charge in [0.2, 0.25) is 0 Å². The summed E-state index contributed by atoms with van der Waals surface area (Å²) in [6.07, 6.45) is 85.6. The van der Waals surface area contributed by atoms with E-state index in [9.17, 15) is 14.4 Å². The Morgan fingerprint density at radius 1 is 0.301 bits per heavy atom. The standard InChI is InChI=1S/C67H106O6/c1-4-7-10-13-16-19-22-25-28-31-33-36-39-42-45-48-51-54-57-60-66(69)72-63-64(62-71-65(68)59-56-53-50-47-44-41-38-35-30-27-24-21-18-15-12-9-6-3)73-67(70)61-58-55-52-49-46-43-40-37-34-32-29-26-23-20-17-14-11-8-5-2/h7,9-10,12-13,16,18-19,21-22,25,27-28,30-31,33,36,38-39,41-42,45,47,50,64H,4-6,8,11,14-15,17,20,23-24,26,29,32,34-35,37,40,43-44,46,48-49,51-63H2,1-3H3/b10-7-,12-9-,16-13-,21-18-,22-19-,28-25-,30-27-,33-31+,39-36-,41-38-,45-42-,50-47-. The van der Waals surface area contributed by atoms with Crippen LogP contribution in [0.25, 0.3) is 0 Å². The van der Waals surface area contributed by atoms with E-state index in [4.69, 9.17) is 14.2 Å². The molecule has 1 atom stereocenters. The Morgan fingerprint density at radius 3 is 1.04 bits per heavy atom. The van der Waals surface area contributed by atoms with E-state index in [1.54, 1.807) is 0 Å². The minimum Gasteiger partial charge on any atom is -0.462 e.